The molecular formula is C16H26ClN3O3. The van der Waals surface area contributed by atoms with Crippen molar-refractivity contribution >= 4 is 18.4 Å². The van der Waals surface area contributed by atoms with Crippen LogP contribution in [-0.4, -0.2) is 61.3 Å². The Morgan fingerprint density at radius 3 is 2.78 bits per heavy atom. The molecule has 0 aromatic heterocycles. The number of hydrogen-bond donors (Lipinski definition) is 2. The number of piperidine rings is 1. The zero-order valence-corrected chi connectivity index (χ0v) is 14.7. The topological polar surface area (TPSA) is 79.0 Å². The fraction of sp³-hybridized carbons (Fsp3) is 0.562. The van der Waals surface area contributed by atoms with Gasteiger partial charge in [-0.15, -0.1) is 12.4 Å². The molecule has 2 unspecified atom stereocenters. The van der Waals surface area contributed by atoms with Crippen LogP contribution in [0.4, 0.5) is 4.79 Å². The molecule has 1 aliphatic rings. The summed E-state index contributed by atoms with van der Waals surface area (Å²) in [5, 5.41) is 11.1. The van der Waals surface area contributed by atoms with E-state index in [1.807, 2.05) is 43.3 Å². The van der Waals surface area contributed by atoms with E-state index in [0.29, 0.717) is 31.7 Å². The van der Waals surface area contributed by atoms with E-state index in [1.165, 1.54) is 0 Å². The lowest BCUT2D eigenvalue weighted by Crippen LogP contribution is -2.56. The van der Waals surface area contributed by atoms with Gasteiger partial charge in [-0.3, -0.25) is 0 Å². The first-order chi connectivity index (χ1) is 10.4. The van der Waals surface area contributed by atoms with Gasteiger partial charge in [0.1, 0.15) is 5.75 Å². The Balaban J connectivity index is 0.00000264. The monoisotopic (exact) mass is 343 g/mol. The van der Waals surface area contributed by atoms with Gasteiger partial charge in [-0.2, -0.15) is 0 Å². The second-order valence-electron chi connectivity index (χ2n) is 6.17. The lowest BCUT2D eigenvalue weighted by Gasteiger charge is -2.44. The number of urea groups is 1. The highest BCUT2D eigenvalue weighted by molar-refractivity contribution is 5.85. The number of ether oxygens (including phenoxy) is 1. The molecule has 23 heavy (non-hydrogen) atoms. The van der Waals surface area contributed by atoms with Gasteiger partial charge < -0.3 is 25.4 Å². The van der Waals surface area contributed by atoms with Crippen molar-refractivity contribution in [3.63, 3.8) is 0 Å². The summed E-state index contributed by atoms with van der Waals surface area (Å²) in [6.07, 6.45) is 0.925. The predicted molar refractivity (Wildman–Crippen MR) is 92.0 cm³/mol. The van der Waals surface area contributed by atoms with Gasteiger partial charge in [-0.25, -0.2) is 4.79 Å². The van der Waals surface area contributed by atoms with E-state index in [9.17, 15) is 9.90 Å². The maximum Gasteiger partial charge on any atom is 0.315 e. The van der Waals surface area contributed by atoms with Crippen LogP contribution in [0, 0.1) is 0 Å². The smallest absolute Gasteiger partial charge is 0.315 e. The molecule has 2 atom stereocenters. The quantitative estimate of drug-likeness (QED) is 0.866. The van der Waals surface area contributed by atoms with Crippen molar-refractivity contribution < 1.29 is 14.6 Å². The molecule has 1 heterocycles. The Kier molecular flexibility index (Phi) is 6.68. The highest BCUT2D eigenvalue weighted by atomic mass is 35.5. The number of nitrogens with zero attached hydrogens (tertiary/aromatic N) is 2. The van der Waals surface area contributed by atoms with E-state index in [4.69, 9.17) is 10.5 Å². The fourth-order valence-corrected chi connectivity index (χ4v) is 3.14. The van der Waals surface area contributed by atoms with E-state index in [2.05, 4.69) is 0 Å². The lowest BCUT2D eigenvalue weighted by atomic mass is 9.80. The zero-order valence-electron chi connectivity index (χ0n) is 13.9. The van der Waals surface area contributed by atoms with Crippen LogP contribution in [0.25, 0.3) is 0 Å². The summed E-state index contributed by atoms with van der Waals surface area (Å²) >= 11 is 0. The summed E-state index contributed by atoms with van der Waals surface area (Å²) in [4.78, 5) is 15.3. The van der Waals surface area contributed by atoms with Gasteiger partial charge in [0.15, 0.2) is 0 Å². The van der Waals surface area contributed by atoms with Gasteiger partial charge in [-0.1, -0.05) is 12.1 Å². The van der Waals surface area contributed by atoms with Gasteiger partial charge in [0.25, 0.3) is 0 Å². The highest BCUT2D eigenvalue weighted by Crippen LogP contribution is 2.37. The van der Waals surface area contributed by atoms with Crippen molar-refractivity contribution in [1.29, 1.82) is 0 Å². The van der Waals surface area contributed by atoms with Crippen LogP contribution in [0.3, 0.4) is 0 Å². The second-order valence-corrected chi connectivity index (χ2v) is 6.17. The molecule has 0 spiro atoms. The van der Waals surface area contributed by atoms with E-state index in [1.54, 1.807) is 12.0 Å². The largest absolute Gasteiger partial charge is 0.497 e. The van der Waals surface area contributed by atoms with Crippen molar-refractivity contribution in [3.8, 4) is 5.75 Å². The standard InChI is InChI=1S/C16H25N3O3.ClH/c1-18(2)11-13-10-16(21,7-8-19(13)15(17)20)12-5-4-6-14(9-12)22-3;/h4-6,9,13,21H,7-8,10-11H2,1-3H3,(H2,17,20);1H. The van der Waals surface area contributed by atoms with Gasteiger partial charge >= 0.3 is 6.03 Å². The Hall–Kier alpha value is -1.50. The van der Waals surface area contributed by atoms with Crippen LogP contribution >= 0.6 is 12.4 Å². The number of likely N-dealkylation sites (N-methyl/N-ethyl adjacent to an activating group) is 1. The van der Waals surface area contributed by atoms with Gasteiger partial charge in [0.05, 0.1) is 12.7 Å². The Morgan fingerprint density at radius 2 is 2.22 bits per heavy atom. The third kappa shape index (κ3) is 4.50. The number of carbonyl (C=O) groups is 1. The van der Waals surface area contributed by atoms with Crippen molar-refractivity contribution in [3.05, 3.63) is 29.8 Å². The molecule has 1 aromatic carbocycles. The highest BCUT2D eigenvalue weighted by Gasteiger charge is 2.41. The molecule has 1 fully saturated rings. The molecule has 0 radical (unpaired) electrons. The van der Waals surface area contributed by atoms with Crippen molar-refractivity contribution in [1.82, 2.24) is 9.80 Å². The first-order valence-corrected chi connectivity index (χ1v) is 7.43. The molecule has 3 N–H and O–H groups in total. The van der Waals surface area contributed by atoms with Crippen LogP contribution < -0.4 is 10.5 Å². The molecule has 130 valence electrons. The molecule has 2 rings (SSSR count). The number of methoxy groups -OCH3 is 1. The third-order valence-electron chi connectivity index (χ3n) is 4.25. The Morgan fingerprint density at radius 1 is 1.52 bits per heavy atom. The second kappa shape index (κ2) is 7.86. The van der Waals surface area contributed by atoms with E-state index in [0.717, 1.165) is 5.56 Å². The van der Waals surface area contributed by atoms with Gasteiger partial charge in [0.2, 0.25) is 0 Å². The number of nitrogens with two attached hydrogens (primary N) is 1. The molecule has 0 aliphatic carbocycles. The number of hydrogen-bond acceptors (Lipinski definition) is 4. The first kappa shape index (κ1) is 19.5. The van der Waals surface area contributed by atoms with Crippen molar-refractivity contribution in [2.75, 3.05) is 34.3 Å². The maximum atomic E-state index is 11.6. The molecule has 1 aromatic rings. The number of benzene rings is 1. The molecule has 1 saturated heterocycles. The summed E-state index contributed by atoms with van der Waals surface area (Å²) in [6.45, 7) is 1.11. The molecule has 6 nitrogen and oxygen atoms in total. The molecule has 2 amide bonds. The number of primary amides is 1. The molecule has 0 bridgehead atoms. The zero-order chi connectivity index (χ0) is 16.3. The number of amides is 2. The van der Waals surface area contributed by atoms with E-state index < -0.39 is 11.6 Å². The van der Waals surface area contributed by atoms with E-state index >= 15 is 0 Å². The summed E-state index contributed by atoms with van der Waals surface area (Å²) in [7, 11) is 5.49. The third-order valence-corrected chi connectivity index (χ3v) is 4.25. The average Bonchev–Trinajstić information content (AvgIpc) is 2.46. The molecule has 1 aliphatic heterocycles. The van der Waals surface area contributed by atoms with Crippen LogP contribution in [-0.2, 0) is 5.60 Å². The number of aliphatic hydroxyl groups is 1. The van der Waals surface area contributed by atoms with Crippen molar-refractivity contribution in [2.45, 2.75) is 24.5 Å². The van der Waals surface area contributed by atoms with Crippen molar-refractivity contribution in [2.24, 2.45) is 5.73 Å². The summed E-state index contributed by atoms with van der Waals surface area (Å²) in [5.74, 6) is 0.715. The van der Waals surface area contributed by atoms with Crippen LogP contribution in [0.1, 0.15) is 18.4 Å². The number of likely N-dealkylation sites (tertiary alicyclic amines) is 1. The minimum absolute atomic E-state index is 0. The minimum atomic E-state index is -0.971. The molecular weight excluding hydrogens is 318 g/mol. The predicted octanol–water partition coefficient (Wildman–Crippen LogP) is 1.41. The molecule has 7 heteroatoms. The SMILES string of the molecule is COc1cccc(C2(O)CCN(C(N)=O)C(CN(C)C)C2)c1.Cl. The summed E-state index contributed by atoms with van der Waals surface area (Å²) in [6, 6.07) is 6.93. The average molecular weight is 344 g/mol. The maximum absolute atomic E-state index is 11.6. The van der Waals surface area contributed by atoms with Crippen LogP contribution in [0.5, 0.6) is 5.75 Å². The minimum Gasteiger partial charge on any atom is -0.497 e. The van der Waals surface area contributed by atoms with Gasteiger partial charge in [0, 0.05) is 25.6 Å². The fourth-order valence-electron chi connectivity index (χ4n) is 3.14. The summed E-state index contributed by atoms with van der Waals surface area (Å²) in [5.41, 5.74) is 5.32. The lowest BCUT2D eigenvalue weighted by molar-refractivity contribution is -0.0427. The number of rotatable bonds is 4. The van der Waals surface area contributed by atoms with E-state index in [-0.39, 0.29) is 18.4 Å². The first-order valence-electron chi connectivity index (χ1n) is 7.43. The number of halogens is 1. The Labute approximate surface area is 143 Å². The van der Waals surface area contributed by atoms with Crippen LogP contribution in [0.2, 0.25) is 0 Å². The Bertz CT molecular complexity index is 541. The summed E-state index contributed by atoms with van der Waals surface area (Å²) < 4.78 is 5.24. The van der Waals surface area contributed by atoms with Crippen LogP contribution in [0.15, 0.2) is 24.3 Å². The molecule has 0 saturated carbocycles. The normalized spacial score (nSPS) is 24.2. The van der Waals surface area contributed by atoms with Gasteiger partial charge in [-0.05, 0) is 38.2 Å². The number of carbonyl (C=O) groups excluding carboxylic acids is 1.